The average Bonchev–Trinajstić information content (AvgIpc) is 3.09. The number of rotatable bonds is 3. The lowest BCUT2D eigenvalue weighted by molar-refractivity contribution is -0.135. The van der Waals surface area contributed by atoms with Gasteiger partial charge in [-0.05, 0) is 38.5 Å². The summed E-state index contributed by atoms with van der Waals surface area (Å²) in [5.74, 6) is 0.0152. The number of halogens is 1. The standard InChI is InChI=1S/C20H26ClN3O4/c1-20(2,3)27-19(26)24-10-8-23(9-11-24)18(25)13-16-12-17(22-28-16)14-4-6-15(21)7-5-14/h4-7,16H,8-13H2,1-3H3. The van der Waals surface area contributed by atoms with Gasteiger partial charge in [-0.3, -0.25) is 4.79 Å². The van der Waals surface area contributed by atoms with Gasteiger partial charge in [-0.25, -0.2) is 4.79 Å². The largest absolute Gasteiger partial charge is 0.444 e. The second-order valence-electron chi connectivity index (χ2n) is 8.03. The molecular formula is C20H26ClN3O4. The Morgan fingerprint density at radius 1 is 1.14 bits per heavy atom. The van der Waals surface area contributed by atoms with E-state index in [4.69, 9.17) is 21.2 Å². The van der Waals surface area contributed by atoms with Crippen molar-refractivity contribution in [2.45, 2.75) is 45.3 Å². The monoisotopic (exact) mass is 407 g/mol. The van der Waals surface area contributed by atoms with E-state index in [0.717, 1.165) is 11.3 Å². The normalized spacial score (nSPS) is 19.9. The second-order valence-corrected chi connectivity index (χ2v) is 8.47. The third-order valence-electron chi connectivity index (χ3n) is 4.60. The van der Waals surface area contributed by atoms with Crippen LogP contribution in [0.4, 0.5) is 4.79 Å². The summed E-state index contributed by atoms with van der Waals surface area (Å²) in [4.78, 5) is 33.6. The highest BCUT2D eigenvalue weighted by molar-refractivity contribution is 6.30. The van der Waals surface area contributed by atoms with Crippen molar-refractivity contribution in [3.05, 3.63) is 34.9 Å². The first kappa shape index (κ1) is 20.5. The van der Waals surface area contributed by atoms with E-state index < -0.39 is 5.60 Å². The molecule has 8 heteroatoms. The molecule has 0 radical (unpaired) electrons. The Bertz CT molecular complexity index is 750. The maximum atomic E-state index is 12.6. The van der Waals surface area contributed by atoms with Gasteiger partial charge in [0.15, 0.2) is 0 Å². The number of benzene rings is 1. The first-order valence-corrected chi connectivity index (χ1v) is 9.83. The first-order valence-electron chi connectivity index (χ1n) is 9.45. The SMILES string of the molecule is CC(C)(C)OC(=O)N1CCN(C(=O)CC2CC(c3ccc(Cl)cc3)=NO2)CC1. The number of amides is 2. The van der Waals surface area contributed by atoms with Crippen LogP contribution in [0.3, 0.4) is 0 Å². The van der Waals surface area contributed by atoms with Gasteiger partial charge in [0.25, 0.3) is 0 Å². The van der Waals surface area contributed by atoms with Crippen LogP contribution in [0.25, 0.3) is 0 Å². The van der Waals surface area contributed by atoms with Gasteiger partial charge in [-0.15, -0.1) is 0 Å². The number of carbonyl (C=O) groups is 2. The molecule has 3 rings (SSSR count). The molecule has 1 saturated heterocycles. The molecule has 2 aliphatic heterocycles. The summed E-state index contributed by atoms with van der Waals surface area (Å²) in [6.45, 7) is 7.45. The summed E-state index contributed by atoms with van der Waals surface area (Å²) >= 11 is 5.91. The highest BCUT2D eigenvalue weighted by Crippen LogP contribution is 2.21. The van der Waals surface area contributed by atoms with E-state index in [-0.39, 0.29) is 24.5 Å². The Morgan fingerprint density at radius 2 is 1.75 bits per heavy atom. The molecule has 0 bridgehead atoms. The lowest BCUT2D eigenvalue weighted by Crippen LogP contribution is -2.52. The molecule has 152 valence electrons. The highest BCUT2D eigenvalue weighted by atomic mass is 35.5. The Morgan fingerprint density at radius 3 is 2.36 bits per heavy atom. The molecule has 1 unspecified atom stereocenters. The van der Waals surface area contributed by atoms with Gasteiger partial charge < -0.3 is 19.4 Å². The number of piperazine rings is 1. The van der Waals surface area contributed by atoms with Crippen molar-refractivity contribution in [1.29, 1.82) is 0 Å². The molecule has 0 aliphatic carbocycles. The molecule has 0 aromatic heterocycles. The van der Waals surface area contributed by atoms with Crippen molar-refractivity contribution in [3.8, 4) is 0 Å². The molecule has 7 nitrogen and oxygen atoms in total. The van der Waals surface area contributed by atoms with Gasteiger partial charge >= 0.3 is 6.09 Å². The van der Waals surface area contributed by atoms with Crippen LogP contribution in [0.15, 0.2) is 29.4 Å². The van der Waals surface area contributed by atoms with Crippen molar-refractivity contribution in [2.24, 2.45) is 5.16 Å². The van der Waals surface area contributed by atoms with Crippen LogP contribution >= 0.6 is 11.6 Å². The van der Waals surface area contributed by atoms with Crippen LogP contribution in [0.1, 0.15) is 39.2 Å². The van der Waals surface area contributed by atoms with Gasteiger partial charge in [-0.2, -0.15) is 0 Å². The zero-order valence-corrected chi connectivity index (χ0v) is 17.2. The Labute approximate surface area is 170 Å². The molecule has 1 atom stereocenters. The Kier molecular flexibility index (Phi) is 6.13. The Hall–Kier alpha value is -2.28. The summed E-state index contributed by atoms with van der Waals surface area (Å²) in [6.07, 6.45) is 0.264. The molecular weight excluding hydrogens is 382 g/mol. The van der Waals surface area contributed by atoms with Crippen LogP contribution < -0.4 is 0 Å². The number of ether oxygens (including phenoxy) is 1. The van der Waals surface area contributed by atoms with Crippen LogP contribution in [0.5, 0.6) is 0 Å². The minimum Gasteiger partial charge on any atom is -0.444 e. The molecule has 1 fully saturated rings. The van der Waals surface area contributed by atoms with E-state index in [1.165, 1.54) is 0 Å². The number of hydrogen-bond donors (Lipinski definition) is 0. The van der Waals surface area contributed by atoms with E-state index in [0.29, 0.717) is 37.6 Å². The summed E-state index contributed by atoms with van der Waals surface area (Å²) in [6, 6.07) is 7.40. The first-order chi connectivity index (χ1) is 13.2. The number of oxime groups is 1. The minimum atomic E-state index is -0.522. The molecule has 0 N–H and O–H groups in total. The van der Waals surface area contributed by atoms with Gasteiger partial charge in [0, 0.05) is 37.6 Å². The second kappa shape index (κ2) is 8.39. The lowest BCUT2D eigenvalue weighted by Gasteiger charge is -2.35. The van der Waals surface area contributed by atoms with Gasteiger partial charge in [0.05, 0.1) is 12.1 Å². The molecule has 1 aromatic rings. The van der Waals surface area contributed by atoms with E-state index in [2.05, 4.69) is 5.16 Å². The molecule has 2 aliphatic rings. The number of nitrogens with zero attached hydrogens (tertiary/aromatic N) is 3. The molecule has 1 aromatic carbocycles. The van der Waals surface area contributed by atoms with Crippen molar-refractivity contribution in [3.63, 3.8) is 0 Å². The van der Waals surface area contributed by atoms with Crippen LogP contribution in [-0.2, 0) is 14.4 Å². The van der Waals surface area contributed by atoms with Crippen LogP contribution in [-0.4, -0.2) is 65.4 Å². The Balaban J connectivity index is 1.44. The van der Waals surface area contributed by atoms with Crippen molar-refractivity contribution in [2.75, 3.05) is 26.2 Å². The molecule has 0 spiro atoms. The van der Waals surface area contributed by atoms with E-state index in [1.807, 2.05) is 45.0 Å². The van der Waals surface area contributed by atoms with Gasteiger partial charge in [0.1, 0.15) is 11.7 Å². The number of hydrogen-bond acceptors (Lipinski definition) is 5. The maximum Gasteiger partial charge on any atom is 0.410 e. The summed E-state index contributed by atoms with van der Waals surface area (Å²) in [7, 11) is 0. The van der Waals surface area contributed by atoms with Crippen molar-refractivity contribution in [1.82, 2.24) is 9.80 Å². The number of carbonyl (C=O) groups excluding carboxylic acids is 2. The topological polar surface area (TPSA) is 71.4 Å². The average molecular weight is 408 g/mol. The van der Waals surface area contributed by atoms with E-state index >= 15 is 0 Å². The molecule has 2 heterocycles. The fourth-order valence-electron chi connectivity index (χ4n) is 3.14. The minimum absolute atomic E-state index is 0.0152. The third kappa shape index (κ3) is 5.38. The van der Waals surface area contributed by atoms with Gasteiger partial charge in [0.2, 0.25) is 5.91 Å². The van der Waals surface area contributed by atoms with Crippen LogP contribution in [0, 0.1) is 0 Å². The van der Waals surface area contributed by atoms with E-state index in [1.54, 1.807) is 9.80 Å². The fourth-order valence-corrected chi connectivity index (χ4v) is 3.27. The molecule has 0 saturated carbocycles. The van der Waals surface area contributed by atoms with Crippen molar-refractivity contribution < 1.29 is 19.2 Å². The molecule has 2 amide bonds. The highest BCUT2D eigenvalue weighted by Gasteiger charge is 2.30. The fraction of sp³-hybridized carbons (Fsp3) is 0.550. The summed E-state index contributed by atoms with van der Waals surface area (Å²) in [5, 5.41) is 4.79. The van der Waals surface area contributed by atoms with Crippen LogP contribution in [0.2, 0.25) is 5.02 Å². The zero-order valence-electron chi connectivity index (χ0n) is 16.5. The molecule has 28 heavy (non-hydrogen) atoms. The van der Waals surface area contributed by atoms with Crippen molar-refractivity contribution >= 4 is 29.3 Å². The summed E-state index contributed by atoms with van der Waals surface area (Å²) < 4.78 is 5.38. The van der Waals surface area contributed by atoms with E-state index in [9.17, 15) is 9.59 Å². The predicted octanol–water partition coefficient (Wildman–Crippen LogP) is 3.30. The predicted molar refractivity (Wildman–Crippen MR) is 106 cm³/mol. The summed E-state index contributed by atoms with van der Waals surface area (Å²) in [5.41, 5.74) is 1.25. The maximum absolute atomic E-state index is 12.6. The lowest BCUT2D eigenvalue weighted by atomic mass is 10.0. The third-order valence-corrected chi connectivity index (χ3v) is 4.85. The van der Waals surface area contributed by atoms with Gasteiger partial charge in [-0.1, -0.05) is 28.9 Å². The zero-order chi connectivity index (χ0) is 20.3. The quantitative estimate of drug-likeness (QED) is 0.770. The smallest absolute Gasteiger partial charge is 0.410 e.